The summed E-state index contributed by atoms with van der Waals surface area (Å²) < 4.78 is 6.80. The summed E-state index contributed by atoms with van der Waals surface area (Å²) in [7, 11) is 1.39. The Morgan fingerprint density at radius 1 is 1.04 bits per heavy atom. The molecule has 0 bridgehead atoms. The molecule has 0 amide bonds. The summed E-state index contributed by atoms with van der Waals surface area (Å²) in [6.45, 7) is 7.22. The number of carbonyl (C=O) groups excluding carboxylic acids is 1. The Labute approximate surface area is 170 Å². The van der Waals surface area contributed by atoms with Crippen LogP contribution in [0.1, 0.15) is 31.9 Å². The van der Waals surface area contributed by atoms with Gasteiger partial charge in [0.15, 0.2) is 11.0 Å². The molecule has 0 radical (unpaired) electrons. The normalized spacial score (nSPS) is 11.4. The van der Waals surface area contributed by atoms with Gasteiger partial charge < -0.3 is 4.74 Å². The molecule has 0 saturated carbocycles. The molecule has 146 valence electrons. The average Bonchev–Trinajstić information content (AvgIpc) is 3.08. The minimum absolute atomic E-state index is 0.0950. The maximum absolute atomic E-state index is 11.6. The number of thioether (sulfide) groups is 1. The van der Waals surface area contributed by atoms with Crippen LogP contribution < -0.4 is 0 Å². The highest BCUT2D eigenvalue weighted by Crippen LogP contribution is 2.28. The molecule has 0 aliphatic heterocycles. The predicted molar refractivity (Wildman–Crippen MR) is 112 cm³/mol. The van der Waals surface area contributed by atoms with Crippen LogP contribution in [0.15, 0.2) is 59.8 Å². The number of ether oxygens (including phenoxy) is 1. The molecule has 5 nitrogen and oxygen atoms in total. The van der Waals surface area contributed by atoms with E-state index in [4.69, 9.17) is 4.74 Å². The predicted octanol–water partition coefficient (Wildman–Crippen LogP) is 4.56. The van der Waals surface area contributed by atoms with Crippen molar-refractivity contribution in [3.63, 3.8) is 0 Å². The Bertz CT molecular complexity index is 929. The first kappa shape index (κ1) is 20.1. The number of aromatic nitrogens is 3. The molecule has 6 heteroatoms. The standard InChI is InChI=1S/C22H25N3O2S/c1-22(2,3)18-12-10-17(11-13-18)20-23-24-21(28-15-19(26)27-4)25(20)14-16-8-6-5-7-9-16/h5-13H,14-15H2,1-4H3. The SMILES string of the molecule is COC(=O)CSc1nnc(-c2ccc(C(C)(C)C)cc2)n1Cc1ccccc1. The summed E-state index contributed by atoms with van der Waals surface area (Å²) in [4.78, 5) is 11.6. The average molecular weight is 396 g/mol. The van der Waals surface area contributed by atoms with Crippen molar-refractivity contribution in [2.75, 3.05) is 12.9 Å². The third-order valence-corrected chi connectivity index (χ3v) is 5.40. The summed E-state index contributed by atoms with van der Waals surface area (Å²) in [6, 6.07) is 18.6. The molecule has 1 aromatic heterocycles. The fraction of sp³-hybridized carbons (Fsp3) is 0.318. The molecule has 0 saturated heterocycles. The Hall–Kier alpha value is -2.60. The van der Waals surface area contributed by atoms with Crippen LogP contribution in [-0.2, 0) is 21.5 Å². The second-order valence-electron chi connectivity index (χ2n) is 7.57. The van der Waals surface area contributed by atoms with Gasteiger partial charge in [-0.05, 0) is 16.5 Å². The molecule has 0 N–H and O–H groups in total. The van der Waals surface area contributed by atoms with Crippen molar-refractivity contribution < 1.29 is 9.53 Å². The van der Waals surface area contributed by atoms with Gasteiger partial charge in [0.05, 0.1) is 19.4 Å². The van der Waals surface area contributed by atoms with Crippen LogP contribution in [0.3, 0.4) is 0 Å². The zero-order valence-corrected chi connectivity index (χ0v) is 17.5. The molecule has 0 aliphatic carbocycles. The van der Waals surface area contributed by atoms with Gasteiger partial charge in [0, 0.05) is 5.56 Å². The molecule has 1 heterocycles. The summed E-state index contributed by atoms with van der Waals surface area (Å²) >= 11 is 1.34. The highest BCUT2D eigenvalue weighted by Gasteiger charge is 2.18. The third-order valence-electron chi connectivity index (χ3n) is 4.46. The van der Waals surface area contributed by atoms with E-state index < -0.39 is 0 Å². The van der Waals surface area contributed by atoms with Crippen LogP contribution in [-0.4, -0.2) is 33.6 Å². The van der Waals surface area contributed by atoms with E-state index in [0.717, 1.165) is 17.0 Å². The van der Waals surface area contributed by atoms with Gasteiger partial charge in [0.25, 0.3) is 0 Å². The largest absolute Gasteiger partial charge is 0.468 e. The van der Waals surface area contributed by atoms with Gasteiger partial charge in [-0.1, -0.05) is 87.1 Å². The van der Waals surface area contributed by atoms with Crippen molar-refractivity contribution in [3.8, 4) is 11.4 Å². The lowest BCUT2D eigenvalue weighted by Crippen LogP contribution is -2.11. The fourth-order valence-electron chi connectivity index (χ4n) is 2.82. The molecular weight excluding hydrogens is 370 g/mol. The van der Waals surface area contributed by atoms with Crippen molar-refractivity contribution in [2.45, 2.75) is 37.9 Å². The van der Waals surface area contributed by atoms with Crippen molar-refractivity contribution in [1.29, 1.82) is 0 Å². The first-order valence-electron chi connectivity index (χ1n) is 9.16. The Kier molecular flexibility index (Phi) is 6.19. The minimum Gasteiger partial charge on any atom is -0.468 e. The first-order valence-corrected chi connectivity index (χ1v) is 10.1. The quantitative estimate of drug-likeness (QED) is 0.452. The lowest BCUT2D eigenvalue weighted by Gasteiger charge is -2.19. The second kappa shape index (κ2) is 8.61. The van der Waals surface area contributed by atoms with Gasteiger partial charge in [-0.15, -0.1) is 10.2 Å². The lowest BCUT2D eigenvalue weighted by molar-refractivity contribution is -0.137. The van der Waals surface area contributed by atoms with Crippen LogP contribution >= 0.6 is 11.8 Å². The highest BCUT2D eigenvalue weighted by atomic mass is 32.2. The van der Waals surface area contributed by atoms with Crippen LogP contribution in [0, 0.1) is 0 Å². The van der Waals surface area contributed by atoms with E-state index >= 15 is 0 Å². The van der Waals surface area contributed by atoms with Gasteiger partial charge in [0.2, 0.25) is 0 Å². The molecule has 0 aliphatic rings. The van der Waals surface area contributed by atoms with E-state index in [9.17, 15) is 4.79 Å². The molecule has 0 atom stereocenters. The molecule has 0 spiro atoms. The first-order chi connectivity index (χ1) is 13.4. The molecular formula is C22H25N3O2S. The van der Waals surface area contributed by atoms with E-state index in [-0.39, 0.29) is 17.1 Å². The summed E-state index contributed by atoms with van der Waals surface area (Å²) in [6.07, 6.45) is 0. The number of carbonyl (C=O) groups is 1. The van der Waals surface area contributed by atoms with Gasteiger partial charge in [0.1, 0.15) is 0 Å². The second-order valence-corrected chi connectivity index (χ2v) is 8.51. The maximum atomic E-state index is 11.6. The maximum Gasteiger partial charge on any atom is 0.316 e. The Morgan fingerprint density at radius 2 is 1.71 bits per heavy atom. The fourth-order valence-corrected chi connectivity index (χ4v) is 3.59. The van der Waals surface area contributed by atoms with Crippen LogP contribution in [0.4, 0.5) is 0 Å². The zero-order valence-electron chi connectivity index (χ0n) is 16.7. The van der Waals surface area contributed by atoms with Gasteiger partial charge in [-0.3, -0.25) is 9.36 Å². The number of hydrogen-bond acceptors (Lipinski definition) is 5. The number of esters is 1. The van der Waals surface area contributed by atoms with Gasteiger partial charge >= 0.3 is 5.97 Å². The van der Waals surface area contributed by atoms with Gasteiger partial charge in [-0.2, -0.15) is 0 Å². The molecule has 2 aromatic carbocycles. The number of benzene rings is 2. The van der Waals surface area contributed by atoms with Crippen molar-refractivity contribution in [1.82, 2.24) is 14.8 Å². The van der Waals surface area contributed by atoms with E-state index in [1.807, 2.05) is 18.2 Å². The highest BCUT2D eigenvalue weighted by molar-refractivity contribution is 7.99. The third kappa shape index (κ3) is 4.81. The van der Waals surface area contributed by atoms with E-state index in [1.54, 1.807) is 0 Å². The van der Waals surface area contributed by atoms with Gasteiger partial charge in [-0.25, -0.2) is 0 Å². The number of methoxy groups -OCH3 is 1. The topological polar surface area (TPSA) is 57.0 Å². The van der Waals surface area contributed by atoms with Crippen molar-refractivity contribution in [2.24, 2.45) is 0 Å². The van der Waals surface area contributed by atoms with Crippen LogP contribution in [0.25, 0.3) is 11.4 Å². The number of hydrogen-bond donors (Lipinski definition) is 0. The molecule has 3 rings (SSSR count). The minimum atomic E-state index is -0.282. The molecule has 28 heavy (non-hydrogen) atoms. The van der Waals surface area contributed by atoms with E-state index in [1.165, 1.54) is 24.4 Å². The Morgan fingerprint density at radius 3 is 2.32 bits per heavy atom. The smallest absolute Gasteiger partial charge is 0.316 e. The van der Waals surface area contributed by atoms with Crippen LogP contribution in [0.5, 0.6) is 0 Å². The Balaban J connectivity index is 1.95. The van der Waals surface area contributed by atoms with Crippen molar-refractivity contribution >= 4 is 17.7 Å². The van der Waals surface area contributed by atoms with E-state index in [2.05, 4.69) is 71.9 Å². The zero-order chi connectivity index (χ0) is 20.1. The van der Waals surface area contributed by atoms with Crippen LogP contribution in [0.2, 0.25) is 0 Å². The summed E-state index contributed by atoms with van der Waals surface area (Å²) in [5, 5.41) is 9.45. The van der Waals surface area contributed by atoms with E-state index in [0.29, 0.717) is 11.7 Å². The number of nitrogens with zero attached hydrogens (tertiary/aromatic N) is 3. The monoisotopic (exact) mass is 395 g/mol. The molecule has 0 unspecified atom stereocenters. The lowest BCUT2D eigenvalue weighted by atomic mass is 9.87. The van der Waals surface area contributed by atoms with Crippen molar-refractivity contribution in [3.05, 3.63) is 65.7 Å². The molecule has 0 fully saturated rings. The summed E-state index contributed by atoms with van der Waals surface area (Å²) in [5.74, 6) is 0.707. The molecule has 3 aromatic rings. The number of rotatable bonds is 6. The summed E-state index contributed by atoms with van der Waals surface area (Å²) in [5.41, 5.74) is 3.51.